The van der Waals surface area contributed by atoms with Crippen LogP contribution < -0.4 is 4.72 Å². The van der Waals surface area contributed by atoms with Crippen LogP contribution in [-0.4, -0.2) is 50.2 Å². The second-order valence-electron chi connectivity index (χ2n) is 4.67. The molecule has 0 fully saturated rings. The van der Waals surface area contributed by atoms with E-state index in [0.29, 0.717) is 18.8 Å². The third-order valence-corrected chi connectivity index (χ3v) is 4.28. The zero-order valence-electron chi connectivity index (χ0n) is 11.8. The number of hydrogen-bond donors (Lipinski definition) is 2. The Morgan fingerprint density at radius 1 is 1.42 bits per heavy atom. The average Bonchev–Trinajstić information content (AvgIpc) is 2.78. The van der Waals surface area contributed by atoms with Crippen LogP contribution in [0.1, 0.15) is 19.0 Å². The first-order chi connectivity index (χ1) is 8.90. The maximum absolute atomic E-state index is 12.1. The second kappa shape index (κ2) is 7.04. The van der Waals surface area contributed by atoms with E-state index in [1.165, 1.54) is 6.07 Å². The lowest BCUT2D eigenvalue weighted by Crippen LogP contribution is -2.27. The Morgan fingerprint density at radius 3 is 2.58 bits per heavy atom. The number of aliphatic hydroxyl groups is 1. The van der Waals surface area contributed by atoms with Gasteiger partial charge in [0.2, 0.25) is 10.0 Å². The van der Waals surface area contributed by atoms with Crippen molar-refractivity contribution in [2.24, 2.45) is 0 Å². The van der Waals surface area contributed by atoms with Crippen molar-refractivity contribution in [1.29, 1.82) is 0 Å². The van der Waals surface area contributed by atoms with E-state index in [1.54, 1.807) is 10.8 Å². The monoisotopic (exact) mass is 289 g/mol. The number of aryl methyl sites for hydroxylation is 1. The van der Waals surface area contributed by atoms with Gasteiger partial charge >= 0.3 is 0 Å². The van der Waals surface area contributed by atoms with E-state index in [1.807, 2.05) is 25.9 Å². The molecule has 1 aromatic heterocycles. The fourth-order valence-corrected chi connectivity index (χ4v) is 2.92. The highest BCUT2D eigenvalue weighted by molar-refractivity contribution is 7.89. The molecule has 0 saturated heterocycles. The predicted octanol–water partition coefficient (Wildman–Crippen LogP) is 0.230. The molecular weight excluding hydrogens is 266 g/mol. The van der Waals surface area contributed by atoms with Crippen LogP contribution in [0.3, 0.4) is 0 Å². The van der Waals surface area contributed by atoms with Crippen molar-refractivity contribution < 1.29 is 13.5 Å². The summed E-state index contributed by atoms with van der Waals surface area (Å²) >= 11 is 0. The van der Waals surface area contributed by atoms with E-state index in [2.05, 4.69) is 4.72 Å². The lowest BCUT2D eigenvalue weighted by Gasteiger charge is -2.09. The standard InChI is InChI=1S/C12H23N3O3S/c1-4-15-9-12(8-11(15)10-16)19(17,18)13-6-5-7-14(2)3/h8-9,13,16H,4-7,10H2,1-3H3. The normalized spacial score (nSPS) is 12.3. The molecule has 1 aromatic rings. The number of nitrogens with zero attached hydrogens (tertiary/aromatic N) is 2. The highest BCUT2D eigenvalue weighted by Gasteiger charge is 2.17. The third-order valence-electron chi connectivity index (χ3n) is 2.85. The van der Waals surface area contributed by atoms with Crippen molar-refractivity contribution in [2.75, 3.05) is 27.2 Å². The van der Waals surface area contributed by atoms with Gasteiger partial charge in [-0.3, -0.25) is 0 Å². The summed E-state index contributed by atoms with van der Waals surface area (Å²) in [7, 11) is 0.415. The van der Waals surface area contributed by atoms with E-state index < -0.39 is 10.0 Å². The largest absolute Gasteiger partial charge is 0.390 e. The van der Waals surface area contributed by atoms with Gasteiger partial charge in [0.15, 0.2) is 0 Å². The first-order valence-corrected chi connectivity index (χ1v) is 7.83. The minimum atomic E-state index is -3.48. The van der Waals surface area contributed by atoms with Crippen LogP contribution in [0.4, 0.5) is 0 Å². The van der Waals surface area contributed by atoms with Gasteiger partial charge < -0.3 is 14.6 Å². The van der Waals surface area contributed by atoms with Crippen molar-refractivity contribution in [1.82, 2.24) is 14.2 Å². The van der Waals surface area contributed by atoms with Crippen LogP contribution in [0.2, 0.25) is 0 Å². The SMILES string of the molecule is CCn1cc(S(=O)(=O)NCCCN(C)C)cc1CO. The first kappa shape index (κ1) is 16.2. The van der Waals surface area contributed by atoms with E-state index >= 15 is 0 Å². The molecule has 0 aromatic carbocycles. The van der Waals surface area contributed by atoms with Gasteiger partial charge in [0.05, 0.1) is 11.5 Å². The maximum Gasteiger partial charge on any atom is 0.242 e. The van der Waals surface area contributed by atoms with Gasteiger partial charge in [-0.25, -0.2) is 13.1 Å². The van der Waals surface area contributed by atoms with Crippen LogP contribution in [0.5, 0.6) is 0 Å². The molecule has 7 heteroatoms. The molecule has 0 amide bonds. The average molecular weight is 289 g/mol. The Morgan fingerprint density at radius 2 is 2.11 bits per heavy atom. The molecular formula is C12H23N3O3S. The summed E-state index contributed by atoms with van der Waals surface area (Å²) in [5, 5.41) is 9.16. The first-order valence-electron chi connectivity index (χ1n) is 6.35. The van der Waals surface area contributed by atoms with Crippen molar-refractivity contribution in [2.45, 2.75) is 31.4 Å². The summed E-state index contributed by atoms with van der Waals surface area (Å²) in [4.78, 5) is 2.22. The number of rotatable bonds is 8. The Labute approximate surface area is 115 Å². The summed E-state index contributed by atoms with van der Waals surface area (Å²) in [6.07, 6.45) is 2.31. The van der Waals surface area contributed by atoms with Gasteiger partial charge in [0, 0.05) is 25.0 Å². The summed E-state index contributed by atoms with van der Waals surface area (Å²) in [6, 6.07) is 1.51. The number of nitrogens with one attached hydrogen (secondary N) is 1. The molecule has 2 N–H and O–H groups in total. The Hall–Kier alpha value is -0.890. The minimum absolute atomic E-state index is 0.163. The molecule has 0 spiro atoms. The van der Waals surface area contributed by atoms with Crippen molar-refractivity contribution >= 4 is 10.0 Å². The molecule has 1 rings (SSSR count). The third kappa shape index (κ3) is 4.61. The van der Waals surface area contributed by atoms with Crippen LogP contribution in [0.15, 0.2) is 17.2 Å². The van der Waals surface area contributed by atoms with Crippen LogP contribution in [-0.2, 0) is 23.2 Å². The van der Waals surface area contributed by atoms with Gasteiger partial charge in [-0.1, -0.05) is 0 Å². The predicted molar refractivity (Wildman–Crippen MR) is 74.4 cm³/mol. The second-order valence-corrected chi connectivity index (χ2v) is 6.43. The summed E-state index contributed by atoms with van der Waals surface area (Å²) in [5.74, 6) is 0. The van der Waals surface area contributed by atoms with Gasteiger partial charge in [-0.15, -0.1) is 0 Å². The summed E-state index contributed by atoms with van der Waals surface area (Å²) < 4.78 is 28.4. The molecule has 6 nitrogen and oxygen atoms in total. The quantitative estimate of drug-likeness (QED) is 0.672. The maximum atomic E-state index is 12.1. The Bertz CT molecular complexity index is 473. The van der Waals surface area contributed by atoms with E-state index in [4.69, 9.17) is 5.11 Å². The van der Waals surface area contributed by atoms with E-state index in [-0.39, 0.29) is 11.5 Å². The fourth-order valence-electron chi connectivity index (χ4n) is 1.78. The highest BCUT2D eigenvalue weighted by atomic mass is 32.2. The molecule has 0 saturated carbocycles. The van der Waals surface area contributed by atoms with E-state index in [9.17, 15) is 8.42 Å². The number of hydrogen-bond acceptors (Lipinski definition) is 4. The molecule has 0 unspecified atom stereocenters. The lowest BCUT2D eigenvalue weighted by atomic mass is 10.4. The summed E-state index contributed by atoms with van der Waals surface area (Å²) in [6.45, 7) is 3.61. The van der Waals surface area contributed by atoms with Crippen molar-refractivity contribution in [3.05, 3.63) is 18.0 Å². The van der Waals surface area contributed by atoms with Crippen LogP contribution >= 0.6 is 0 Å². The lowest BCUT2D eigenvalue weighted by molar-refractivity contribution is 0.271. The van der Waals surface area contributed by atoms with E-state index in [0.717, 1.165) is 13.0 Å². The summed E-state index contributed by atoms with van der Waals surface area (Å²) in [5.41, 5.74) is 0.608. The van der Waals surface area contributed by atoms with Crippen molar-refractivity contribution in [3.63, 3.8) is 0 Å². The molecule has 0 aliphatic rings. The Balaban J connectivity index is 2.69. The molecule has 0 aliphatic heterocycles. The van der Waals surface area contributed by atoms with Gasteiger partial charge in [0.1, 0.15) is 0 Å². The van der Waals surface area contributed by atoms with Crippen molar-refractivity contribution in [3.8, 4) is 0 Å². The van der Waals surface area contributed by atoms with Gasteiger partial charge in [-0.2, -0.15) is 0 Å². The smallest absolute Gasteiger partial charge is 0.242 e. The molecule has 110 valence electrons. The molecule has 0 aliphatic carbocycles. The zero-order valence-corrected chi connectivity index (χ0v) is 12.6. The Kier molecular flexibility index (Phi) is 5.99. The molecule has 0 bridgehead atoms. The molecule has 0 atom stereocenters. The molecule has 1 heterocycles. The number of aromatic nitrogens is 1. The van der Waals surface area contributed by atoms with Gasteiger partial charge in [0.25, 0.3) is 0 Å². The van der Waals surface area contributed by atoms with Crippen LogP contribution in [0, 0.1) is 0 Å². The molecule has 0 radical (unpaired) electrons. The molecule has 19 heavy (non-hydrogen) atoms. The zero-order chi connectivity index (χ0) is 14.5. The van der Waals surface area contributed by atoms with Crippen LogP contribution in [0.25, 0.3) is 0 Å². The van der Waals surface area contributed by atoms with Gasteiger partial charge in [-0.05, 0) is 40.1 Å². The number of sulfonamides is 1. The topological polar surface area (TPSA) is 74.6 Å². The highest BCUT2D eigenvalue weighted by Crippen LogP contribution is 2.14. The minimum Gasteiger partial charge on any atom is -0.390 e. The fraction of sp³-hybridized carbons (Fsp3) is 0.667. The number of aliphatic hydroxyl groups excluding tert-OH is 1.